The van der Waals surface area contributed by atoms with Gasteiger partial charge in [-0.2, -0.15) is 0 Å². The van der Waals surface area contributed by atoms with Gasteiger partial charge in [-0.3, -0.25) is 15.1 Å². The number of rotatable bonds is 5. The van der Waals surface area contributed by atoms with Crippen molar-refractivity contribution in [2.75, 3.05) is 31.1 Å². The Labute approximate surface area is 166 Å². The fourth-order valence-electron chi connectivity index (χ4n) is 3.27. The van der Waals surface area contributed by atoms with Gasteiger partial charge in [0.1, 0.15) is 5.75 Å². The quantitative estimate of drug-likeness (QED) is 0.520. The van der Waals surface area contributed by atoms with Gasteiger partial charge in [-0.1, -0.05) is 12.1 Å². The van der Waals surface area contributed by atoms with Gasteiger partial charge in [0.25, 0.3) is 5.69 Å². The Morgan fingerprint density at radius 3 is 2.52 bits per heavy atom. The van der Waals surface area contributed by atoms with E-state index in [4.69, 9.17) is 4.74 Å². The average molecular weight is 394 g/mol. The standard InChI is InChI=1S/C21H19FN4O3/c22-19-13-17(26(27)28)5-6-21(19)29-20-7-8-24-14-18(20)15-1-3-16(4-2-15)25-11-9-23-10-12-25/h1-8,13-14,23H,9-12H2. The molecule has 0 atom stereocenters. The Morgan fingerprint density at radius 2 is 1.83 bits per heavy atom. The van der Waals surface area contributed by atoms with E-state index in [1.165, 1.54) is 12.1 Å². The zero-order valence-electron chi connectivity index (χ0n) is 15.5. The molecule has 0 amide bonds. The molecule has 0 spiro atoms. The first-order chi connectivity index (χ1) is 14.1. The summed E-state index contributed by atoms with van der Waals surface area (Å²) in [6.07, 6.45) is 3.20. The maximum Gasteiger partial charge on any atom is 0.272 e. The molecule has 0 saturated carbocycles. The Morgan fingerprint density at radius 1 is 1.07 bits per heavy atom. The SMILES string of the molecule is O=[N+]([O-])c1ccc(Oc2ccncc2-c2ccc(N3CCNCC3)cc2)c(F)c1. The number of anilines is 1. The van der Waals surface area contributed by atoms with Gasteiger partial charge in [0.05, 0.1) is 11.0 Å². The molecule has 1 aliphatic rings. The average Bonchev–Trinajstić information content (AvgIpc) is 2.76. The summed E-state index contributed by atoms with van der Waals surface area (Å²) in [6, 6.07) is 13.0. The molecule has 0 bridgehead atoms. The number of nitrogens with one attached hydrogen (secondary N) is 1. The number of hydrogen-bond acceptors (Lipinski definition) is 6. The van der Waals surface area contributed by atoms with E-state index < -0.39 is 10.7 Å². The van der Waals surface area contributed by atoms with Crippen LogP contribution in [0.5, 0.6) is 11.5 Å². The topological polar surface area (TPSA) is 80.5 Å². The lowest BCUT2D eigenvalue weighted by Gasteiger charge is -2.29. The highest BCUT2D eigenvalue weighted by molar-refractivity contribution is 5.71. The molecule has 1 N–H and O–H groups in total. The molecule has 0 aliphatic carbocycles. The van der Waals surface area contributed by atoms with Gasteiger partial charge >= 0.3 is 0 Å². The molecule has 1 aliphatic heterocycles. The van der Waals surface area contributed by atoms with Crippen LogP contribution in [0, 0.1) is 15.9 Å². The highest BCUT2D eigenvalue weighted by Gasteiger charge is 2.15. The summed E-state index contributed by atoms with van der Waals surface area (Å²) >= 11 is 0. The van der Waals surface area contributed by atoms with Crippen molar-refractivity contribution >= 4 is 11.4 Å². The second-order valence-electron chi connectivity index (χ2n) is 6.63. The Hall–Kier alpha value is -3.52. The van der Waals surface area contributed by atoms with Gasteiger partial charge in [0, 0.05) is 55.9 Å². The zero-order chi connectivity index (χ0) is 20.2. The largest absolute Gasteiger partial charge is 0.454 e. The molecule has 4 rings (SSSR count). The number of piperazine rings is 1. The molecule has 1 fully saturated rings. The number of nitro groups is 1. The molecule has 0 unspecified atom stereocenters. The van der Waals surface area contributed by atoms with E-state index in [1.807, 2.05) is 24.3 Å². The van der Waals surface area contributed by atoms with Crippen molar-refractivity contribution in [2.45, 2.75) is 0 Å². The summed E-state index contributed by atoms with van der Waals surface area (Å²) in [7, 11) is 0. The third-order valence-electron chi connectivity index (χ3n) is 4.79. The Balaban J connectivity index is 1.59. The van der Waals surface area contributed by atoms with Crippen molar-refractivity contribution in [3.8, 4) is 22.6 Å². The van der Waals surface area contributed by atoms with E-state index in [0.717, 1.165) is 43.5 Å². The molecule has 8 heteroatoms. The molecule has 1 aromatic heterocycles. The number of halogens is 1. The Kier molecular flexibility index (Phi) is 5.35. The monoisotopic (exact) mass is 394 g/mol. The lowest BCUT2D eigenvalue weighted by molar-refractivity contribution is -0.385. The summed E-state index contributed by atoms with van der Waals surface area (Å²) in [6.45, 7) is 3.84. The molecular weight excluding hydrogens is 375 g/mol. The van der Waals surface area contributed by atoms with Crippen LogP contribution in [0.25, 0.3) is 11.1 Å². The maximum absolute atomic E-state index is 14.2. The second-order valence-corrected chi connectivity index (χ2v) is 6.63. The van der Waals surface area contributed by atoms with Crippen LogP contribution in [0.15, 0.2) is 60.9 Å². The van der Waals surface area contributed by atoms with Gasteiger partial charge < -0.3 is 15.0 Å². The zero-order valence-corrected chi connectivity index (χ0v) is 15.5. The predicted octanol–water partition coefficient (Wildman–Crippen LogP) is 4.00. The summed E-state index contributed by atoms with van der Waals surface area (Å²) in [5, 5.41) is 14.1. The third kappa shape index (κ3) is 4.17. The van der Waals surface area contributed by atoms with Crippen molar-refractivity contribution in [1.82, 2.24) is 10.3 Å². The van der Waals surface area contributed by atoms with Crippen LogP contribution in [0.3, 0.4) is 0 Å². The van der Waals surface area contributed by atoms with Crippen LogP contribution in [0.2, 0.25) is 0 Å². The molecule has 1 saturated heterocycles. The van der Waals surface area contributed by atoms with Crippen molar-refractivity contribution in [1.29, 1.82) is 0 Å². The van der Waals surface area contributed by atoms with Crippen LogP contribution < -0.4 is 15.0 Å². The number of nitro benzene ring substituents is 1. The van der Waals surface area contributed by atoms with Gasteiger partial charge in [-0.15, -0.1) is 0 Å². The van der Waals surface area contributed by atoms with E-state index >= 15 is 0 Å². The summed E-state index contributed by atoms with van der Waals surface area (Å²) < 4.78 is 20.0. The van der Waals surface area contributed by atoms with Crippen molar-refractivity contribution in [3.63, 3.8) is 0 Å². The number of ether oxygens (including phenoxy) is 1. The number of non-ortho nitro benzene ring substituents is 1. The first-order valence-corrected chi connectivity index (χ1v) is 9.24. The molecule has 29 heavy (non-hydrogen) atoms. The number of nitrogens with zero attached hydrogens (tertiary/aromatic N) is 3. The minimum absolute atomic E-state index is 0.0829. The first-order valence-electron chi connectivity index (χ1n) is 9.24. The van der Waals surface area contributed by atoms with Crippen LogP contribution >= 0.6 is 0 Å². The Bertz CT molecular complexity index is 1020. The van der Waals surface area contributed by atoms with E-state index in [2.05, 4.69) is 15.2 Å². The second kappa shape index (κ2) is 8.24. The lowest BCUT2D eigenvalue weighted by Crippen LogP contribution is -2.43. The van der Waals surface area contributed by atoms with Crippen molar-refractivity contribution < 1.29 is 14.1 Å². The predicted molar refractivity (Wildman–Crippen MR) is 108 cm³/mol. The smallest absolute Gasteiger partial charge is 0.272 e. The van der Waals surface area contributed by atoms with Crippen LogP contribution in [-0.4, -0.2) is 36.1 Å². The lowest BCUT2D eigenvalue weighted by atomic mass is 10.1. The summed E-state index contributed by atoms with van der Waals surface area (Å²) in [4.78, 5) is 16.6. The first kappa shape index (κ1) is 18.8. The molecular formula is C21H19FN4O3. The summed E-state index contributed by atoms with van der Waals surface area (Å²) in [5.41, 5.74) is 2.41. The van der Waals surface area contributed by atoms with Crippen molar-refractivity contribution in [3.05, 3.63) is 76.9 Å². The molecule has 7 nitrogen and oxygen atoms in total. The highest BCUT2D eigenvalue weighted by Crippen LogP contribution is 2.35. The molecule has 148 valence electrons. The highest BCUT2D eigenvalue weighted by atomic mass is 19.1. The molecule has 0 radical (unpaired) electrons. The van der Waals surface area contributed by atoms with Gasteiger partial charge in [0.15, 0.2) is 11.6 Å². The van der Waals surface area contributed by atoms with E-state index in [1.54, 1.807) is 18.5 Å². The van der Waals surface area contributed by atoms with Crippen LogP contribution in [0.1, 0.15) is 0 Å². The molecule has 2 heterocycles. The van der Waals surface area contributed by atoms with Gasteiger partial charge in [-0.05, 0) is 29.8 Å². The van der Waals surface area contributed by atoms with E-state index in [9.17, 15) is 14.5 Å². The number of pyridine rings is 1. The van der Waals surface area contributed by atoms with Crippen LogP contribution in [0.4, 0.5) is 15.8 Å². The molecule has 2 aromatic carbocycles. The molecule has 3 aromatic rings. The van der Waals surface area contributed by atoms with E-state index in [-0.39, 0.29) is 11.4 Å². The normalized spacial score (nSPS) is 13.9. The fourth-order valence-corrected chi connectivity index (χ4v) is 3.27. The van der Waals surface area contributed by atoms with Crippen molar-refractivity contribution in [2.24, 2.45) is 0 Å². The van der Waals surface area contributed by atoms with Crippen LogP contribution in [-0.2, 0) is 0 Å². The minimum atomic E-state index is -0.795. The number of aromatic nitrogens is 1. The fraction of sp³-hybridized carbons (Fsp3) is 0.190. The minimum Gasteiger partial charge on any atom is -0.454 e. The number of hydrogen-bond donors (Lipinski definition) is 1. The summed E-state index contributed by atoms with van der Waals surface area (Å²) in [5.74, 6) is -0.459. The van der Waals surface area contributed by atoms with Gasteiger partial charge in [-0.25, -0.2) is 4.39 Å². The maximum atomic E-state index is 14.2. The number of benzene rings is 2. The third-order valence-corrected chi connectivity index (χ3v) is 4.79. The van der Waals surface area contributed by atoms with Gasteiger partial charge in [0.2, 0.25) is 0 Å². The van der Waals surface area contributed by atoms with E-state index in [0.29, 0.717) is 11.3 Å².